The fourth-order valence-corrected chi connectivity index (χ4v) is 2.63. The highest BCUT2D eigenvalue weighted by molar-refractivity contribution is 7.80. The van der Waals surface area contributed by atoms with E-state index in [0.29, 0.717) is 44.6 Å². The average molecular weight is 362 g/mol. The molecule has 0 saturated heterocycles. The maximum Gasteiger partial charge on any atom is 0.407 e. The van der Waals surface area contributed by atoms with E-state index >= 15 is 0 Å². The van der Waals surface area contributed by atoms with Crippen molar-refractivity contribution in [2.75, 3.05) is 39.6 Å². The van der Waals surface area contributed by atoms with Gasteiger partial charge >= 0.3 is 6.09 Å². The van der Waals surface area contributed by atoms with Gasteiger partial charge in [-0.2, -0.15) is 12.6 Å². The second-order valence-corrected chi connectivity index (χ2v) is 6.44. The highest BCUT2D eigenvalue weighted by Crippen LogP contribution is 2.22. The monoisotopic (exact) mass is 362 g/mol. The third kappa shape index (κ3) is 10.7. The van der Waals surface area contributed by atoms with Crippen molar-refractivity contribution in [3.63, 3.8) is 0 Å². The largest absolute Gasteiger partial charge is 0.447 e. The lowest BCUT2D eigenvalue weighted by Crippen LogP contribution is -2.38. The van der Waals surface area contributed by atoms with Gasteiger partial charge in [0.15, 0.2) is 0 Å². The van der Waals surface area contributed by atoms with E-state index in [9.17, 15) is 9.59 Å². The number of hydrogen-bond acceptors (Lipinski definition) is 6. The van der Waals surface area contributed by atoms with E-state index in [1.807, 2.05) is 0 Å². The van der Waals surface area contributed by atoms with E-state index in [2.05, 4.69) is 23.3 Å². The zero-order chi connectivity index (χ0) is 17.6. The average Bonchev–Trinajstić information content (AvgIpc) is 2.58. The minimum atomic E-state index is -0.385. The Labute approximate surface area is 149 Å². The third-order valence-corrected chi connectivity index (χ3v) is 4.26. The molecule has 0 heterocycles. The van der Waals surface area contributed by atoms with Crippen LogP contribution in [-0.2, 0) is 19.0 Å². The lowest BCUT2D eigenvalue weighted by molar-refractivity contribution is -0.121. The fourth-order valence-electron chi connectivity index (χ4n) is 2.33. The minimum Gasteiger partial charge on any atom is -0.447 e. The summed E-state index contributed by atoms with van der Waals surface area (Å²) in [5.74, 6) is 0.0175. The van der Waals surface area contributed by atoms with Crippen molar-refractivity contribution in [3.05, 3.63) is 0 Å². The van der Waals surface area contributed by atoms with Crippen molar-refractivity contribution in [1.82, 2.24) is 10.6 Å². The van der Waals surface area contributed by atoms with E-state index in [-0.39, 0.29) is 24.6 Å². The normalized spacial score (nSPS) is 20.4. The molecule has 2 amide bonds. The molecule has 8 heteroatoms. The second-order valence-electron chi connectivity index (χ2n) is 5.71. The Morgan fingerprint density at radius 2 is 1.62 bits per heavy atom. The van der Waals surface area contributed by atoms with Gasteiger partial charge in [0, 0.05) is 24.3 Å². The van der Waals surface area contributed by atoms with Crippen molar-refractivity contribution >= 4 is 24.6 Å². The van der Waals surface area contributed by atoms with Crippen LogP contribution in [0.2, 0.25) is 0 Å². The molecule has 140 valence electrons. The molecule has 1 aliphatic rings. The summed E-state index contributed by atoms with van der Waals surface area (Å²) in [4.78, 5) is 22.6. The molecule has 0 aromatic heterocycles. The van der Waals surface area contributed by atoms with Crippen LogP contribution in [0.3, 0.4) is 0 Å². The van der Waals surface area contributed by atoms with Crippen LogP contribution in [0.4, 0.5) is 4.79 Å². The summed E-state index contributed by atoms with van der Waals surface area (Å²) in [6, 6.07) is 0.198. The first-order valence-corrected chi connectivity index (χ1v) is 9.17. The van der Waals surface area contributed by atoms with Gasteiger partial charge in [0.05, 0.1) is 26.4 Å². The van der Waals surface area contributed by atoms with Crippen LogP contribution in [0.25, 0.3) is 0 Å². The number of ether oxygens (including phenoxy) is 3. The number of nitrogens with one attached hydrogen (secondary N) is 2. The fraction of sp³-hybridized carbons (Fsp3) is 0.875. The number of carbonyl (C=O) groups is 2. The van der Waals surface area contributed by atoms with Crippen LogP contribution in [0.1, 0.15) is 39.0 Å². The van der Waals surface area contributed by atoms with Gasteiger partial charge in [-0.3, -0.25) is 4.79 Å². The lowest BCUT2D eigenvalue weighted by Gasteiger charge is -2.26. The molecule has 24 heavy (non-hydrogen) atoms. The Hall–Kier alpha value is -0.990. The van der Waals surface area contributed by atoms with Gasteiger partial charge in [-0.05, 0) is 25.7 Å². The van der Waals surface area contributed by atoms with Crippen molar-refractivity contribution < 1.29 is 23.8 Å². The Balaban J connectivity index is 1.84. The number of rotatable bonds is 11. The molecule has 0 aromatic carbocycles. The van der Waals surface area contributed by atoms with Gasteiger partial charge < -0.3 is 24.8 Å². The summed E-state index contributed by atoms with van der Waals surface area (Å²) in [6.45, 7) is 4.21. The molecule has 0 radical (unpaired) electrons. The zero-order valence-corrected chi connectivity index (χ0v) is 15.3. The van der Waals surface area contributed by atoms with E-state index < -0.39 is 0 Å². The predicted molar refractivity (Wildman–Crippen MR) is 94.5 cm³/mol. The molecular weight excluding hydrogens is 332 g/mol. The van der Waals surface area contributed by atoms with Crippen LogP contribution in [0, 0.1) is 0 Å². The number of thiol groups is 1. The Kier molecular flexibility index (Phi) is 11.7. The summed E-state index contributed by atoms with van der Waals surface area (Å²) in [7, 11) is 0. The standard InChI is InChI=1S/C16H30N2O5S/c1-2-15(19)17-7-8-21-9-10-22-11-12-23-16(20)18-13-3-5-14(24)6-4-13/h13-14,24H,2-12H2,1H3,(H,17,19)(H,18,20). The maximum absolute atomic E-state index is 11.6. The van der Waals surface area contributed by atoms with E-state index in [1.165, 1.54) is 0 Å². The first-order valence-electron chi connectivity index (χ1n) is 8.65. The second kappa shape index (κ2) is 13.3. The highest BCUT2D eigenvalue weighted by Gasteiger charge is 2.20. The van der Waals surface area contributed by atoms with Crippen molar-refractivity contribution in [3.8, 4) is 0 Å². The lowest BCUT2D eigenvalue weighted by atomic mass is 9.95. The third-order valence-electron chi connectivity index (χ3n) is 3.74. The maximum atomic E-state index is 11.6. The number of hydrogen-bond donors (Lipinski definition) is 3. The number of amides is 2. The van der Waals surface area contributed by atoms with Gasteiger partial charge in [0.1, 0.15) is 6.61 Å². The summed E-state index contributed by atoms with van der Waals surface area (Å²) in [5.41, 5.74) is 0. The van der Waals surface area contributed by atoms with E-state index in [4.69, 9.17) is 14.2 Å². The van der Waals surface area contributed by atoms with Gasteiger partial charge in [0.25, 0.3) is 0 Å². The van der Waals surface area contributed by atoms with Crippen LogP contribution in [0.5, 0.6) is 0 Å². The predicted octanol–water partition coefficient (Wildman–Crippen LogP) is 1.51. The van der Waals surface area contributed by atoms with Crippen LogP contribution in [-0.4, -0.2) is 62.9 Å². The molecule has 0 aromatic rings. The summed E-state index contributed by atoms with van der Waals surface area (Å²) in [6.07, 6.45) is 4.06. The molecule has 0 spiro atoms. The topological polar surface area (TPSA) is 85.9 Å². The van der Waals surface area contributed by atoms with Gasteiger partial charge in [-0.15, -0.1) is 0 Å². The Morgan fingerprint density at radius 3 is 2.29 bits per heavy atom. The van der Waals surface area contributed by atoms with Crippen LogP contribution in [0.15, 0.2) is 0 Å². The molecule has 0 unspecified atom stereocenters. The molecule has 0 aliphatic heterocycles. The summed E-state index contributed by atoms with van der Waals surface area (Å²) < 4.78 is 15.7. The number of alkyl carbamates (subject to hydrolysis) is 1. The van der Waals surface area contributed by atoms with E-state index in [0.717, 1.165) is 25.7 Å². The molecule has 2 N–H and O–H groups in total. The summed E-state index contributed by atoms with van der Waals surface area (Å²) in [5, 5.41) is 6.04. The highest BCUT2D eigenvalue weighted by atomic mass is 32.1. The van der Waals surface area contributed by atoms with Crippen molar-refractivity contribution in [2.45, 2.75) is 50.3 Å². The quantitative estimate of drug-likeness (QED) is 0.383. The van der Waals surface area contributed by atoms with Crippen LogP contribution < -0.4 is 10.6 Å². The molecule has 0 bridgehead atoms. The van der Waals surface area contributed by atoms with Crippen molar-refractivity contribution in [2.24, 2.45) is 0 Å². The first-order chi connectivity index (χ1) is 11.6. The Bertz CT molecular complexity index is 362. The van der Waals surface area contributed by atoms with Gasteiger partial charge in [-0.25, -0.2) is 4.79 Å². The van der Waals surface area contributed by atoms with E-state index in [1.54, 1.807) is 6.92 Å². The molecule has 7 nitrogen and oxygen atoms in total. The minimum absolute atomic E-state index is 0.0175. The van der Waals surface area contributed by atoms with Gasteiger partial charge in [-0.1, -0.05) is 6.92 Å². The zero-order valence-electron chi connectivity index (χ0n) is 14.4. The first kappa shape index (κ1) is 21.1. The molecule has 1 aliphatic carbocycles. The summed E-state index contributed by atoms with van der Waals surface area (Å²) >= 11 is 4.43. The SMILES string of the molecule is CCC(=O)NCCOCCOCCOC(=O)NC1CCC(S)CC1. The van der Waals surface area contributed by atoms with Gasteiger partial charge in [0.2, 0.25) is 5.91 Å². The molecule has 0 atom stereocenters. The molecule has 1 rings (SSSR count). The van der Waals surface area contributed by atoms with Crippen molar-refractivity contribution in [1.29, 1.82) is 0 Å². The Morgan fingerprint density at radius 1 is 1.00 bits per heavy atom. The molecular formula is C16H30N2O5S. The smallest absolute Gasteiger partial charge is 0.407 e. The molecule has 1 fully saturated rings. The number of carbonyl (C=O) groups excluding carboxylic acids is 2. The molecule has 1 saturated carbocycles. The van der Waals surface area contributed by atoms with Crippen LogP contribution >= 0.6 is 12.6 Å².